The quantitative estimate of drug-likeness (QED) is 0.370. The van der Waals surface area contributed by atoms with Crippen molar-refractivity contribution in [3.05, 3.63) is 81.9 Å². The maximum atomic E-state index is 14.2. The smallest absolute Gasteiger partial charge is 0.223 e. The highest BCUT2D eigenvalue weighted by Crippen LogP contribution is 2.29. The van der Waals surface area contributed by atoms with E-state index in [2.05, 4.69) is 39.0 Å². The van der Waals surface area contributed by atoms with E-state index in [1.54, 1.807) is 12.1 Å². The van der Waals surface area contributed by atoms with E-state index in [1.165, 1.54) is 17.2 Å². The highest BCUT2D eigenvalue weighted by molar-refractivity contribution is 5.85. The van der Waals surface area contributed by atoms with Crippen LogP contribution in [0.4, 0.5) is 10.1 Å². The van der Waals surface area contributed by atoms with Crippen LogP contribution in [-0.4, -0.2) is 51.8 Å². The molecule has 2 aromatic heterocycles. The van der Waals surface area contributed by atoms with Crippen LogP contribution in [0.2, 0.25) is 0 Å². The molecule has 0 aliphatic carbocycles. The van der Waals surface area contributed by atoms with Crippen LogP contribution < -0.4 is 4.90 Å². The van der Waals surface area contributed by atoms with E-state index in [-0.39, 0.29) is 11.7 Å². The maximum Gasteiger partial charge on any atom is 0.223 e. The summed E-state index contributed by atoms with van der Waals surface area (Å²) in [7, 11) is 0. The Labute approximate surface area is 217 Å². The highest BCUT2D eigenvalue weighted by Gasteiger charge is 2.24. The van der Waals surface area contributed by atoms with E-state index in [9.17, 15) is 9.18 Å². The Bertz CT molecular complexity index is 1480. The molecule has 37 heavy (non-hydrogen) atoms. The number of aryl methyl sites for hydroxylation is 5. The minimum Gasteiger partial charge on any atom is -0.366 e. The summed E-state index contributed by atoms with van der Waals surface area (Å²) in [4.78, 5) is 22.0. The first kappa shape index (κ1) is 24.9. The van der Waals surface area contributed by atoms with Gasteiger partial charge in [-0.25, -0.2) is 14.1 Å². The molecule has 1 saturated heterocycles. The van der Waals surface area contributed by atoms with Crippen molar-refractivity contribution in [1.82, 2.24) is 19.7 Å². The second kappa shape index (κ2) is 9.96. The van der Waals surface area contributed by atoms with Gasteiger partial charge < -0.3 is 9.80 Å². The SMILES string of the molecule is Cc1ccc(-n2nc(C)c3c(C)c(CCC(=O)N4CCN(c5ccccc5F)CC4)c(C)nc32)cc1C. The first-order valence-electron chi connectivity index (χ1n) is 12.9. The summed E-state index contributed by atoms with van der Waals surface area (Å²) in [5, 5.41) is 5.89. The van der Waals surface area contributed by atoms with E-state index >= 15 is 0 Å². The molecule has 0 radical (unpaired) electrons. The summed E-state index contributed by atoms with van der Waals surface area (Å²) >= 11 is 0. The molecule has 0 saturated carbocycles. The fourth-order valence-corrected chi connectivity index (χ4v) is 5.41. The zero-order valence-electron chi connectivity index (χ0n) is 22.3. The van der Waals surface area contributed by atoms with Gasteiger partial charge in [0.2, 0.25) is 5.91 Å². The largest absolute Gasteiger partial charge is 0.366 e. The third kappa shape index (κ3) is 4.70. The topological polar surface area (TPSA) is 54.3 Å². The van der Waals surface area contributed by atoms with Crippen LogP contribution in [0, 0.1) is 40.4 Å². The minimum absolute atomic E-state index is 0.134. The number of carbonyl (C=O) groups is 1. The molecular formula is C30H34FN5O. The number of piperazine rings is 1. The summed E-state index contributed by atoms with van der Waals surface area (Å²) in [5.41, 5.74) is 9.08. The summed E-state index contributed by atoms with van der Waals surface area (Å²) in [6.45, 7) is 12.8. The molecule has 0 N–H and O–H groups in total. The van der Waals surface area contributed by atoms with Gasteiger partial charge in [0, 0.05) is 43.7 Å². The van der Waals surface area contributed by atoms with Crippen molar-refractivity contribution in [2.75, 3.05) is 31.1 Å². The van der Waals surface area contributed by atoms with Gasteiger partial charge in [-0.05, 0) is 87.6 Å². The summed E-state index contributed by atoms with van der Waals surface area (Å²) in [6, 6.07) is 13.2. The highest BCUT2D eigenvalue weighted by atomic mass is 19.1. The summed E-state index contributed by atoms with van der Waals surface area (Å²) in [5.74, 6) is -0.0816. The Morgan fingerprint density at radius 3 is 2.35 bits per heavy atom. The molecule has 1 amide bonds. The molecular weight excluding hydrogens is 465 g/mol. The van der Waals surface area contributed by atoms with Gasteiger partial charge in [0.25, 0.3) is 0 Å². The number of para-hydroxylation sites is 1. The first-order chi connectivity index (χ1) is 17.7. The van der Waals surface area contributed by atoms with Gasteiger partial charge in [0.1, 0.15) is 5.82 Å². The number of pyridine rings is 1. The zero-order chi connectivity index (χ0) is 26.3. The summed E-state index contributed by atoms with van der Waals surface area (Å²) < 4.78 is 16.1. The van der Waals surface area contributed by atoms with E-state index in [0.29, 0.717) is 44.7 Å². The Morgan fingerprint density at radius 1 is 0.919 bits per heavy atom. The van der Waals surface area contributed by atoms with Crippen molar-refractivity contribution >= 4 is 22.6 Å². The monoisotopic (exact) mass is 499 g/mol. The predicted molar refractivity (Wildman–Crippen MR) is 146 cm³/mol. The van der Waals surface area contributed by atoms with Crippen LogP contribution in [0.3, 0.4) is 0 Å². The Kier molecular flexibility index (Phi) is 6.71. The number of nitrogens with zero attached hydrogens (tertiary/aromatic N) is 5. The van der Waals surface area contributed by atoms with Crippen LogP contribution in [0.5, 0.6) is 0 Å². The molecule has 4 aromatic rings. The maximum absolute atomic E-state index is 14.2. The van der Waals surface area contributed by atoms with Gasteiger partial charge in [-0.1, -0.05) is 18.2 Å². The molecule has 1 aliphatic rings. The fourth-order valence-electron chi connectivity index (χ4n) is 5.41. The molecule has 2 aromatic carbocycles. The van der Waals surface area contributed by atoms with Gasteiger partial charge in [0.05, 0.1) is 17.1 Å². The van der Waals surface area contributed by atoms with E-state index in [1.807, 2.05) is 34.4 Å². The predicted octanol–water partition coefficient (Wildman–Crippen LogP) is 5.38. The molecule has 6 nitrogen and oxygen atoms in total. The molecule has 0 atom stereocenters. The number of carbonyl (C=O) groups excluding carboxylic acids is 1. The second-order valence-electron chi connectivity index (χ2n) is 10.1. The van der Waals surface area contributed by atoms with E-state index in [4.69, 9.17) is 10.1 Å². The Morgan fingerprint density at radius 2 is 1.65 bits per heavy atom. The lowest BCUT2D eigenvalue weighted by molar-refractivity contribution is -0.131. The molecule has 1 fully saturated rings. The lowest BCUT2D eigenvalue weighted by Gasteiger charge is -2.36. The molecule has 192 valence electrons. The van der Waals surface area contributed by atoms with Crippen LogP contribution in [0.1, 0.15) is 40.1 Å². The van der Waals surface area contributed by atoms with Crippen molar-refractivity contribution in [2.45, 2.75) is 47.5 Å². The number of rotatable bonds is 5. The molecule has 3 heterocycles. The average Bonchev–Trinajstić information content (AvgIpc) is 3.21. The number of hydrogen-bond acceptors (Lipinski definition) is 4. The normalized spacial score (nSPS) is 14.0. The molecule has 0 spiro atoms. The van der Waals surface area contributed by atoms with Crippen molar-refractivity contribution in [3.63, 3.8) is 0 Å². The number of aromatic nitrogens is 3. The van der Waals surface area contributed by atoms with Crippen LogP contribution in [-0.2, 0) is 11.2 Å². The van der Waals surface area contributed by atoms with Crippen LogP contribution >= 0.6 is 0 Å². The van der Waals surface area contributed by atoms with Gasteiger partial charge in [-0.15, -0.1) is 0 Å². The number of hydrogen-bond donors (Lipinski definition) is 0. The van der Waals surface area contributed by atoms with E-state index in [0.717, 1.165) is 39.2 Å². The third-order valence-corrected chi connectivity index (χ3v) is 7.72. The Hall–Kier alpha value is -3.74. The number of benzene rings is 2. The van der Waals surface area contributed by atoms with Crippen molar-refractivity contribution in [3.8, 4) is 5.69 Å². The fraction of sp³-hybridized carbons (Fsp3) is 0.367. The lowest BCUT2D eigenvalue weighted by Crippen LogP contribution is -2.49. The molecule has 0 unspecified atom stereocenters. The standard InChI is InChI=1S/C30H34FN5O/c1-19-10-11-24(18-20(19)2)36-30-29(23(5)33-36)21(3)25(22(4)32-30)12-13-28(37)35-16-14-34(15-17-35)27-9-7-6-8-26(27)31/h6-11,18H,12-17H2,1-5H3. The molecule has 5 rings (SSSR count). The Balaban J connectivity index is 1.31. The summed E-state index contributed by atoms with van der Waals surface area (Å²) in [6.07, 6.45) is 1.07. The second-order valence-corrected chi connectivity index (χ2v) is 10.1. The van der Waals surface area contributed by atoms with E-state index < -0.39 is 0 Å². The van der Waals surface area contributed by atoms with Crippen LogP contribution in [0.25, 0.3) is 16.7 Å². The van der Waals surface area contributed by atoms with Crippen molar-refractivity contribution < 1.29 is 9.18 Å². The first-order valence-corrected chi connectivity index (χ1v) is 12.9. The molecule has 1 aliphatic heterocycles. The third-order valence-electron chi connectivity index (χ3n) is 7.72. The van der Waals surface area contributed by atoms with Gasteiger partial charge in [0.15, 0.2) is 5.65 Å². The number of fused-ring (bicyclic) bond motifs is 1. The van der Waals surface area contributed by atoms with Gasteiger partial charge >= 0.3 is 0 Å². The molecule has 7 heteroatoms. The minimum atomic E-state index is -0.216. The average molecular weight is 500 g/mol. The van der Waals surface area contributed by atoms with Crippen molar-refractivity contribution in [2.24, 2.45) is 0 Å². The number of anilines is 1. The lowest BCUT2D eigenvalue weighted by atomic mass is 9.99. The number of amides is 1. The van der Waals surface area contributed by atoms with Gasteiger partial charge in [-0.2, -0.15) is 5.10 Å². The zero-order valence-corrected chi connectivity index (χ0v) is 22.3. The van der Waals surface area contributed by atoms with Crippen molar-refractivity contribution in [1.29, 1.82) is 0 Å². The van der Waals surface area contributed by atoms with Crippen LogP contribution in [0.15, 0.2) is 42.5 Å². The number of halogens is 1. The molecule has 0 bridgehead atoms. The van der Waals surface area contributed by atoms with Gasteiger partial charge in [-0.3, -0.25) is 4.79 Å².